The van der Waals surface area contributed by atoms with E-state index in [1.165, 1.54) is 5.69 Å². The van der Waals surface area contributed by atoms with E-state index < -0.39 is 5.60 Å². The summed E-state index contributed by atoms with van der Waals surface area (Å²) in [4.78, 5) is 30.4. The van der Waals surface area contributed by atoms with Crippen LogP contribution in [0.5, 0.6) is 5.75 Å². The molecule has 3 atom stereocenters. The van der Waals surface area contributed by atoms with Gasteiger partial charge in [0, 0.05) is 49.0 Å². The first-order valence-corrected chi connectivity index (χ1v) is 17.2. The zero-order valence-corrected chi connectivity index (χ0v) is 28.4. The molecule has 2 aliphatic heterocycles. The predicted octanol–water partition coefficient (Wildman–Crippen LogP) is 4.91. The Labute approximate surface area is 291 Å². The molecule has 3 unspecified atom stereocenters. The summed E-state index contributed by atoms with van der Waals surface area (Å²) in [5, 5.41) is 12.9. The minimum Gasteiger partial charge on any atom is -0.493 e. The van der Waals surface area contributed by atoms with Gasteiger partial charge in [0.25, 0.3) is 0 Å². The van der Waals surface area contributed by atoms with Crippen LogP contribution in [0.1, 0.15) is 42.2 Å². The average molecular weight is 675 g/mol. The quantitative estimate of drug-likeness (QED) is 0.135. The Balaban J connectivity index is 0.917. The fourth-order valence-corrected chi connectivity index (χ4v) is 6.47. The molecule has 50 heavy (non-hydrogen) atoms. The van der Waals surface area contributed by atoms with Crippen LogP contribution in [0.15, 0.2) is 108 Å². The van der Waals surface area contributed by atoms with Crippen LogP contribution in [-0.2, 0) is 16.9 Å². The molecule has 0 amide bonds. The zero-order valence-electron chi connectivity index (χ0n) is 28.4. The third-order valence-electron chi connectivity index (χ3n) is 9.71. The molecule has 0 spiro atoms. The molecule has 258 valence electrons. The summed E-state index contributed by atoms with van der Waals surface area (Å²) in [6.45, 7) is 9.04. The highest BCUT2D eigenvalue weighted by atomic mass is 16.5. The van der Waals surface area contributed by atoms with Crippen LogP contribution in [0, 0.1) is 5.92 Å². The number of hydrogen-bond acceptors (Lipinski definition) is 9. The van der Waals surface area contributed by atoms with Crippen molar-refractivity contribution in [2.75, 3.05) is 49.2 Å². The number of ether oxygens (including phenoxy) is 2. The summed E-state index contributed by atoms with van der Waals surface area (Å²) in [7, 11) is 0. The van der Waals surface area contributed by atoms with Crippen LogP contribution >= 0.6 is 0 Å². The zero-order chi connectivity index (χ0) is 34.5. The van der Waals surface area contributed by atoms with Gasteiger partial charge in [-0.2, -0.15) is 20.1 Å². The topological polar surface area (TPSA) is 113 Å². The normalized spacial score (nSPS) is 19.8. The third-order valence-corrected chi connectivity index (χ3v) is 9.71. The molecule has 2 aliphatic rings. The number of carbonyl (C=O) groups is 1. The second-order valence-corrected chi connectivity index (χ2v) is 12.9. The van der Waals surface area contributed by atoms with Crippen molar-refractivity contribution >= 4 is 17.7 Å². The van der Waals surface area contributed by atoms with E-state index in [9.17, 15) is 9.59 Å². The number of benzene rings is 3. The van der Waals surface area contributed by atoms with E-state index in [2.05, 4.69) is 68.4 Å². The number of rotatable bonds is 12. The minimum absolute atomic E-state index is 0.0680. The Hall–Kier alpha value is -5.49. The van der Waals surface area contributed by atoms with Crippen molar-refractivity contribution in [2.45, 2.75) is 38.5 Å². The number of aromatic nitrogens is 6. The molecule has 12 nitrogen and oxygen atoms in total. The van der Waals surface area contributed by atoms with Crippen molar-refractivity contribution in [3.63, 3.8) is 0 Å². The van der Waals surface area contributed by atoms with Crippen molar-refractivity contribution in [3.05, 3.63) is 125 Å². The maximum Gasteiger partial charge on any atom is 0.350 e. The maximum atomic E-state index is 12.8. The molecular weight excluding hydrogens is 632 g/mol. The third kappa shape index (κ3) is 6.97. The van der Waals surface area contributed by atoms with E-state index in [0.29, 0.717) is 25.3 Å². The first kappa shape index (κ1) is 33.0. The molecular formula is C38H42N8O4. The van der Waals surface area contributed by atoms with E-state index in [-0.39, 0.29) is 17.6 Å². The second kappa shape index (κ2) is 14.6. The van der Waals surface area contributed by atoms with Gasteiger partial charge in [-0.05, 0) is 73.5 Å². The molecule has 12 heteroatoms. The maximum absolute atomic E-state index is 12.8. The first-order valence-electron chi connectivity index (χ1n) is 17.2. The molecule has 0 radical (unpaired) electrons. The molecule has 0 aliphatic carbocycles. The number of anilines is 2. The predicted molar refractivity (Wildman–Crippen MR) is 191 cm³/mol. The van der Waals surface area contributed by atoms with Crippen LogP contribution in [0.4, 0.5) is 11.4 Å². The van der Waals surface area contributed by atoms with Crippen molar-refractivity contribution in [1.82, 2.24) is 29.3 Å². The Morgan fingerprint density at radius 2 is 1.50 bits per heavy atom. The van der Waals surface area contributed by atoms with Crippen LogP contribution in [0.3, 0.4) is 0 Å². The molecule has 7 rings (SSSR count). The highest BCUT2D eigenvalue weighted by molar-refractivity contribution is 5.74. The van der Waals surface area contributed by atoms with Gasteiger partial charge in [-0.3, -0.25) is 4.79 Å². The SMILES string of the molecule is CCC(C)n1ncn(-c2ccc(N3CCN(c4ccc(OCC5C=CC(Cn6nccn6)(c6ccc(C=O)cc6)OC5)cc4)CC3)cc2)c1=O. The summed E-state index contributed by atoms with van der Waals surface area (Å²) < 4.78 is 15.8. The molecule has 3 aromatic carbocycles. The monoisotopic (exact) mass is 674 g/mol. The smallest absolute Gasteiger partial charge is 0.350 e. The number of nitrogens with zero attached hydrogens (tertiary/aromatic N) is 8. The Bertz CT molecular complexity index is 1940. The molecule has 1 saturated heterocycles. The fourth-order valence-electron chi connectivity index (χ4n) is 6.47. The van der Waals surface area contributed by atoms with E-state index in [4.69, 9.17) is 9.47 Å². The summed E-state index contributed by atoms with van der Waals surface area (Å²) in [5.74, 6) is 0.893. The summed E-state index contributed by atoms with van der Waals surface area (Å²) >= 11 is 0. The van der Waals surface area contributed by atoms with Gasteiger partial charge in [0.2, 0.25) is 0 Å². The van der Waals surface area contributed by atoms with Gasteiger partial charge in [-0.25, -0.2) is 14.0 Å². The number of hydrogen-bond donors (Lipinski definition) is 0. The minimum atomic E-state index is -0.745. The summed E-state index contributed by atoms with van der Waals surface area (Å²) in [6.07, 6.45) is 10.8. The van der Waals surface area contributed by atoms with E-state index in [0.717, 1.165) is 61.6 Å². The van der Waals surface area contributed by atoms with Crippen LogP contribution < -0.4 is 20.2 Å². The van der Waals surface area contributed by atoms with Gasteiger partial charge in [0.15, 0.2) is 0 Å². The lowest BCUT2D eigenvalue weighted by atomic mass is 9.89. The van der Waals surface area contributed by atoms with Gasteiger partial charge in [-0.15, -0.1) is 0 Å². The molecule has 5 aromatic rings. The van der Waals surface area contributed by atoms with Gasteiger partial charge < -0.3 is 19.3 Å². The van der Waals surface area contributed by atoms with Crippen LogP contribution in [-0.4, -0.2) is 75.0 Å². The Kier molecular flexibility index (Phi) is 9.61. The standard InChI is InChI=1S/C38H42N8O4/c1-3-29(2)46-37(48)44(28-41-46)35-10-8-33(9-11-35)42-20-22-43(23-21-42)34-12-14-36(15-13-34)49-25-31-16-17-38(50-26-31,27-45-39-18-19-40-45)32-6-4-30(24-47)5-7-32/h4-19,24,28-29,31H,3,20-23,25-27H2,1-2H3. The fraction of sp³-hybridized carbons (Fsp3) is 0.342. The second-order valence-electron chi connectivity index (χ2n) is 12.9. The number of carbonyl (C=O) groups excluding carboxylic acids is 1. The van der Waals surface area contributed by atoms with E-state index in [1.807, 2.05) is 43.3 Å². The van der Waals surface area contributed by atoms with Crippen molar-refractivity contribution in [1.29, 1.82) is 0 Å². The first-order chi connectivity index (χ1) is 24.4. The lowest BCUT2D eigenvalue weighted by molar-refractivity contribution is -0.0560. The largest absolute Gasteiger partial charge is 0.493 e. The van der Waals surface area contributed by atoms with Gasteiger partial charge in [0.1, 0.15) is 24.0 Å². The molecule has 1 fully saturated rings. The average Bonchev–Trinajstić information content (AvgIpc) is 3.84. The Morgan fingerprint density at radius 3 is 2.08 bits per heavy atom. The lowest BCUT2D eigenvalue weighted by Gasteiger charge is -2.37. The van der Waals surface area contributed by atoms with Crippen LogP contribution in [0.25, 0.3) is 5.69 Å². The molecule has 4 heterocycles. The van der Waals surface area contributed by atoms with E-state index >= 15 is 0 Å². The highest BCUT2D eigenvalue weighted by Gasteiger charge is 2.36. The lowest BCUT2D eigenvalue weighted by Crippen LogP contribution is -2.46. The molecule has 2 aromatic heterocycles. The molecule has 0 saturated carbocycles. The molecule has 0 N–H and O–H groups in total. The van der Waals surface area contributed by atoms with Gasteiger partial charge in [-0.1, -0.05) is 37.3 Å². The number of piperazine rings is 1. The van der Waals surface area contributed by atoms with Crippen LogP contribution in [0.2, 0.25) is 0 Å². The summed E-state index contributed by atoms with van der Waals surface area (Å²) in [5.41, 5.74) is 3.83. The number of aldehydes is 1. The van der Waals surface area contributed by atoms with Crippen molar-refractivity contribution in [3.8, 4) is 11.4 Å². The summed E-state index contributed by atoms with van der Waals surface area (Å²) in [6, 6.07) is 23.9. The van der Waals surface area contributed by atoms with E-state index in [1.54, 1.807) is 44.9 Å². The van der Waals surface area contributed by atoms with Crippen molar-refractivity contribution < 1.29 is 14.3 Å². The highest BCUT2D eigenvalue weighted by Crippen LogP contribution is 2.34. The van der Waals surface area contributed by atoms with Gasteiger partial charge in [0.05, 0.1) is 43.9 Å². The Morgan fingerprint density at radius 1 is 0.880 bits per heavy atom. The van der Waals surface area contributed by atoms with Crippen molar-refractivity contribution in [2.24, 2.45) is 5.92 Å². The van der Waals surface area contributed by atoms with Gasteiger partial charge >= 0.3 is 5.69 Å². The molecule has 0 bridgehead atoms.